The van der Waals surface area contributed by atoms with E-state index in [0.29, 0.717) is 13.1 Å². The van der Waals surface area contributed by atoms with E-state index >= 15 is 0 Å². The highest BCUT2D eigenvalue weighted by Gasteiger charge is 2.20. The Morgan fingerprint density at radius 2 is 1.84 bits per heavy atom. The largest absolute Gasteiger partial charge is 0.387 e. The fourth-order valence-corrected chi connectivity index (χ4v) is 3.14. The van der Waals surface area contributed by atoms with Crippen LogP contribution in [0.5, 0.6) is 0 Å². The van der Waals surface area contributed by atoms with E-state index in [2.05, 4.69) is 4.72 Å². The van der Waals surface area contributed by atoms with Gasteiger partial charge in [0.2, 0.25) is 0 Å². The van der Waals surface area contributed by atoms with Gasteiger partial charge in [-0.25, -0.2) is 0 Å². The van der Waals surface area contributed by atoms with Crippen LogP contribution in [0.15, 0.2) is 24.3 Å². The van der Waals surface area contributed by atoms with Crippen molar-refractivity contribution >= 4 is 10.2 Å². The molecule has 0 aliphatic rings. The van der Waals surface area contributed by atoms with Gasteiger partial charge in [-0.3, -0.25) is 0 Å². The van der Waals surface area contributed by atoms with Crippen molar-refractivity contribution in [3.05, 3.63) is 35.4 Å². The van der Waals surface area contributed by atoms with Crippen LogP contribution in [0.1, 0.15) is 31.1 Å². The summed E-state index contributed by atoms with van der Waals surface area (Å²) >= 11 is 0. The number of aliphatic hydroxyl groups is 1. The Bertz CT molecular complexity index is 498. The van der Waals surface area contributed by atoms with E-state index in [1.54, 1.807) is 19.9 Å². The molecule has 0 radical (unpaired) electrons. The Morgan fingerprint density at radius 1 is 1.26 bits per heavy atom. The summed E-state index contributed by atoms with van der Waals surface area (Å²) in [6.07, 6.45) is -0.841. The predicted octanol–water partition coefficient (Wildman–Crippen LogP) is 1.20. The smallest absolute Gasteiger partial charge is 0.279 e. The van der Waals surface area contributed by atoms with E-state index in [1.165, 1.54) is 4.31 Å². The summed E-state index contributed by atoms with van der Waals surface area (Å²) in [7, 11) is -3.52. The maximum absolute atomic E-state index is 11.9. The van der Waals surface area contributed by atoms with Crippen molar-refractivity contribution in [3.8, 4) is 0 Å². The lowest BCUT2D eigenvalue weighted by atomic mass is 10.0. The molecule has 1 rings (SSSR count). The lowest BCUT2D eigenvalue weighted by molar-refractivity contribution is 0.180. The van der Waals surface area contributed by atoms with Gasteiger partial charge in [-0.05, 0) is 18.1 Å². The molecule has 0 spiro atoms. The third-order valence-electron chi connectivity index (χ3n) is 3.05. The quantitative estimate of drug-likeness (QED) is 0.791. The maximum atomic E-state index is 11.9. The van der Waals surface area contributed by atoms with Crippen molar-refractivity contribution in [1.82, 2.24) is 9.03 Å². The molecule has 108 valence electrons. The molecule has 0 saturated carbocycles. The molecule has 0 saturated heterocycles. The second-order valence-corrected chi connectivity index (χ2v) is 6.07. The Labute approximate surface area is 115 Å². The van der Waals surface area contributed by atoms with E-state index < -0.39 is 16.3 Å². The predicted molar refractivity (Wildman–Crippen MR) is 76.0 cm³/mol. The highest BCUT2D eigenvalue weighted by molar-refractivity contribution is 7.87. The van der Waals surface area contributed by atoms with Gasteiger partial charge < -0.3 is 5.11 Å². The van der Waals surface area contributed by atoms with Crippen LogP contribution in [-0.2, 0) is 10.2 Å². The minimum atomic E-state index is -3.52. The lowest BCUT2D eigenvalue weighted by Gasteiger charge is -2.20. The van der Waals surface area contributed by atoms with Gasteiger partial charge in [-0.2, -0.15) is 17.4 Å². The molecule has 19 heavy (non-hydrogen) atoms. The van der Waals surface area contributed by atoms with Crippen LogP contribution in [0.2, 0.25) is 0 Å². The summed E-state index contributed by atoms with van der Waals surface area (Å²) < 4.78 is 27.6. The third kappa shape index (κ3) is 4.28. The average Bonchev–Trinajstić information content (AvgIpc) is 2.38. The number of nitrogens with zero attached hydrogens (tertiary/aromatic N) is 1. The SMILES string of the molecule is CCN(CC)S(=O)(=O)NCC(O)c1ccccc1C. The monoisotopic (exact) mass is 286 g/mol. The van der Waals surface area contributed by atoms with Crippen LogP contribution in [0.4, 0.5) is 0 Å². The van der Waals surface area contributed by atoms with Crippen molar-refractivity contribution in [1.29, 1.82) is 0 Å². The van der Waals surface area contributed by atoms with Gasteiger partial charge in [0.1, 0.15) is 0 Å². The first-order valence-corrected chi connectivity index (χ1v) is 7.84. The van der Waals surface area contributed by atoms with Gasteiger partial charge >= 0.3 is 0 Å². The van der Waals surface area contributed by atoms with Crippen LogP contribution in [0.25, 0.3) is 0 Å². The van der Waals surface area contributed by atoms with E-state index in [4.69, 9.17) is 0 Å². The molecule has 0 amide bonds. The van der Waals surface area contributed by atoms with Crippen LogP contribution in [0.3, 0.4) is 0 Å². The van der Waals surface area contributed by atoms with Gasteiger partial charge in [0.15, 0.2) is 0 Å². The van der Waals surface area contributed by atoms with E-state index in [1.807, 2.05) is 25.1 Å². The molecule has 2 N–H and O–H groups in total. The fraction of sp³-hybridized carbons (Fsp3) is 0.538. The van der Waals surface area contributed by atoms with Gasteiger partial charge in [0.05, 0.1) is 6.10 Å². The van der Waals surface area contributed by atoms with Crippen molar-refractivity contribution in [3.63, 3.8) is 0 Å². The normalized spacial score (nSPS) is 13.7. The molecule has 5 nitrogen and oxygen atoms in total. The van der Waals surface area contributed by atoms with Crippen LogP contribution in [0, 0.1) is 6.92 Å². The van der Waals surface area contributed by atoms with Crippen molar-refractivity contribution in [2.75, 3.05) is 19.6 Å². The van der Waals surface area contributed by atoms with Gasteiger partial charge in [0, 0.05) is 19.6 Å². The zero-order valence-corrected chi connectivity index (χ0v) is 12.4. The zero-order valence-electron chi connectivity index (χ0n) is 11.6. The summed E-state index contributed by atoms with van der Waals surface area (Å²) in [5.41, 5.74) is 1.68. The lowest BCUT2D eigenvalue weighted by Crippen LogP contribution is -2.42. The molecule has 0 heterocycles. The van der Waals surface area contributed by atoms with Gasteiger partial charge in [-0.1, -0.05) is 38.1 Å². The van der Waals surface area contributed by atoms with Crippen molar-refractivity contribution in [2.45, 2.75) is 26.9 Å². The Balaban J connectivity index is 2.69. The number of aryl methyl sites for hydroxylation is 1. The first-order chi connectivity index (χ1) is 8.92. The standard InChI is InChI=1S/C13H22N2O3S/c1-4-15(5-2)19(17,18)14-10-13(16)12-9-7-6-8-11(12)3/h6-9,13-14,16H,4-5,10H2,1-3H3. The van der Waals surface area contributed by atoms with E-state index in [9.17, 15) is 13.5 Å². The molecule has 0 aliphatic heterocycles. The molecule has 6 heteroatoms. The highest BCUT2D eigenvalue weighted by Crippen LogP contribution is 2.16. The first kappa shape index (κ1) is 16.1. The number of hydrogen-bond donors (Lipinski definition) is 2. The third-order valence-corrected chi connectivity index (χ3v) is 4.78. The molecule has 1 aromatic carbocycles. The number of aliphatic hydroxyl groups excluding tert-OH is 1. The van der Waals surface area contributed by atoms with Gasteiger partial charge in [0.25, 0.3) is 10.2 Å². The summed E-state index contributed by atoms with van der Waals surface area (Å²) in [4.78, 5) is 0. The van der Waals surface area contributed by atoms with Crippen molar-refractivity contribution < 1.29 is 13.5 Å². The molecule has 0 aromatic heterocycles. The molecule has 1 unspecified atom stereocenters. The highest BCUT2D eigenvalue weighted by atomic mass is 32.2. The minimum Gasteiger partial charge on any atom is -0.387 e. The second kappa shape index (κ2) is 7.00. The summed E-state index contributed by atoms with van der Waals surface area (Å²) in [5, 5.41) is 10.0. The summed E-state index contributed by atoms with van der Waals surface area (Å²) in [6, 6.07) is 7.39. The Kier molecular flexibility index (Phi) is 5.93. The number of rotatable bonds is 7. The second-order valence-electron chi connectivity index (χ2n) is 4.31. The maximum Gasteiger partial charge on any atom is 0.279 e. The molecule has 0 aliphatic carbocycles. The molecule has 0 fully saturated rings. The molecule has 1 atom stereocenters. The Hall–Kier alpha value is -0.950. The molecule has 1 aromatic rings. The average molecular weight is 286 g/mol. The molecular weight excluding hydrogens is 264 g/mol. The topological polar surface area (TPSA) is 69.6 Å². The van der Waals surface area contributed by atoms with Crippen molar-refractivity contribution in [2.24, 2.45) is 0 Å². The fourth-order valence-electron chi connectivity index (χ4n) is 1.91. The van der Waals surface area contributed by atoms with E-state index in [0.717, 1.165) is 11.1 Å². The van der Waals surface area contributed by atoms with Crippen LogP contribution >= 0.6 is 0 Å². The number of benzene rings is 1. The first-order valence-electron chi connectivity index (χ1n) is 6.40. The number of nitrogens with one attached hydrogen (secondary N) is 1. The van der Waals surface area contributed by atoms with E-state index in [-0.39, 0.29) is 6.54 Å². The number of hydrogen-bond acceptors (Lipinski definition) is 3. The zero-order chi connectivity index (χ0) is 14.5. The molecular formula is C13H22N2O3S. The van der Waals surface area contributed by atoms with Gasteiger partial charge in [-0.15, -0.1) is 0 Å². The van der Waals surface area contributed by atoms with Crippen LogP contribution in [-0.4, -0.2) is 37.5 Å². The molecule has 0 bridgehead atoms. The minimum absolute atomic E-state index is 0.0241. The Morgan fingerprint density at radius 3 is 2.37 bits per heavy atom. The van der Waals surface area contributed by atoms with Crippen LogP contribution < -0.4 is 4.72 Å². The summed E-state index contributed by atoms with van der Waals surface area (Å²) in [6.45, 7) is 6.24. The summed E-state index contributed by atoms with van der Waals surface area (Å²) in [5.74, 6) is 0.